The van der Waals surface area contributed by atoms with Gasteiger partial charge in [-0.3, -0.25) is 9.59 Å². The van der Waals surface area contributed by atoms with Gasteiger partial charge in [0.25, 0.3) is 5.91 Å². The van der Waals surface area contributed by atoms with Gasteiger partial charge in [0, 0.05) is 18.7 Å². The maximum absolute atomic E-state index is 12.9. The zero-order valence-electron chi connectivity index (χ0n) is 14.2. The second-order valence-corrected chi connectivity index (χ2v) is 5.69. The summed E-state index contributed by atoms with van der Waals surface area (Å²) < 4.78 is 10.3. The lowest BCUT2D eigenvalue weighted by Gasteiger charge is -2.35. The summed E-state index contributed by atoms with van der Waals surface area (Å²) in [5.41, 5.74) is 1.27. The number of benzene rings is 2. The summed E-state index contributed by atoms with van der Waals surface area (Å²) in [6.07, 6.45) is 0. The molecule has 1 N–H and O–H groups in total. The monoisotopic (exact) mass is 340 g/mol. The van der Waals surface area contributed by atoms with Gasteiger partial charge in [0.1, 0.15) is 17.5 Å². The first-order valence-electron chi connectivity index (χ1n) is 8.00. The van der Waals surface area contributed by atoms with Gasteiger partial charge in [-0.05, 0) is 42.0 Å². The summed E-state index contributed by atoms with van der Waals surface area (Å²) in [5.74, 6) is 1.02. The fourth-order valence-corrected chi connectivity index (χ4v) is 2.90. The average molecular weight is 340 g/mol. The molecular weight excluding hydrogens is 320 g/mol. The predicted octanol–water partition coefficient (Wildman–Crippen LogP) is 2.02. The molecule has 6 heteroatoms. The van der Waals surface area contributed by atoms with Crippen molar-refractivity contribution in [2.45, 2.75) is 6.04 Å². The fraction of sp³-hybridized carbons (Fsp3) is 0.263. The van der Waals surface area contributed by atoms with Gasteiger partial charge in [-0.2, -0.15) is 0 Å². The largest absolute Gasteiger partial charge is 0.497 e. The van der Waals surface area contributed by atoms with Gasteiger partial charge in [0.05, 0.1) is 14.2 Å². The summed E-state index contributed by atoms with van der Waals surface area (Å²) in [7, 11) is 3.16. The van der Waals surface area contributed by atoms with E-state index in [4.69, 9.17) is 9.47 Å². The van der Waals surface area contributed by atoms with E-state index in [1.54, 1.807) is 55.5 Å². The lowest BCUT2D eigenvalue weighted by molar-refractivity contribution is -0.128. The minimum Gasteiger partial charge on any atom is -0.497 e. The molecule has 1 unspecified atom stereocenters. The first-order chi connectivity index (χ1) is 12.1. The highest BCUT2D eigenvalue weighted by molar-refractivity contribution is 5.98. The number of amides is 2. The van der Waals surface area contributed by atoms with E-state index in [-0.39, 0.29) is 11.8 Å². The van der Waals surface area contributed by atoms with Gasteiger partial charge in [-0.25, -0.2) is 0 Å². The van der Waals surface area contributed by atoms with Gasteiger partial charge in [-0.1, -0.05) is 12.1 Å². The van der Waals surface area contributed by atoms with Crippen LogP contribution >= 0.6 is 0 Å². The smallest absolute Gasteiger partial charge is 0.254 e. The van der Waals surface area contributed by atoms with Crippen molar-refractivity contribution in [3.63, 3.8) is 0 Å². The Bertz CT molecular complexity index is 756. The van der Waals surface area contributed by atoms with Crippen molar-refractivity contribution >= 4 is 11.8 Å². The Kier molecular flexibility index (Phi) is 4.88. The third kappa shape index (κ3) is 3.42. The summed E-state index contributed by atoms with van der Waals surface area (Å²) in [4.78, 5) is 27.0. The number of ether oxygens (including phenoxy) is 2. The van der Waals surface area contributed by atoms with Crippen LogP contribution in [0.3, 0.4) is 0 Å². The molecular formula is C19H20N2O4. The molecule has 1 aliphatic rings. The van der Waals surface area contributed by atoms with Gasteiger partial charge in [-0.15, -0.1) is 0 Å². The zero-order chi connectivity index (χ0) is 17.8. The minimum atomic E-state index is -0.658. The molecule has 0 bridgehead atoms. The van der Waals surface area contributed by atoms with Crippen molar-refractivity contribution in [2.24, 2.45) is 0 Å². The third-order valence-electron chi connectivity index (χ3n) is 4.24. The second-order valence-electron chi connectivity index (χ2n) is 5.69. The van der Waals surface area contributed by atoms with Gasteiger partial charge >= 0.3 is 0 Å². The summed E-state index contributed by atoms with van der Waals surface area (Å²) in [6, 6.07) is 13.4. The topological polar surface area (TPSA) is 67.9 Å². The van der Waals surface area contributed by atoms with Crippen molar-refractivity contribution in [1.82, 2.24) is 10.2 Å². The van der Waals surface area contributed by atoms with Crippen LogP contribution in [0, 0.1) is 0 Å². The summed E-state index contributed by atoms with van der Waals surface area (Å²) in [6.45, 7) is 0.890. The fourth-order valence-electron chi connectivity index (χ4n) is 2.90. The Balaban J connectivity index is 1.90. The molecule has 6 nitrogen and oxygen atoms in total. The lowest BCUT2D eigenvalue weighted by atomic mass is 10.0. The molecule has 1 saturated heterocycles. The van der Waals surface area contributed by atoms with Crippen LogP contribution in [-0.2, 0) is 4.79 Å². The maximum atomic E-state index is 12.9. The molecule has 1 atom stereocenters. The third-order valence-corrected chi connectivity index (χ3v) is 4.24. The Hall–Kier alpha value is -3.02. The van der Waals surface area contributed by atoms with E-state index in [0.717, 1.165) is 5.56 Å². The maximum Gasteiger partial charge on any atom is 0.254 e. The van der Waals surface area contributed by atoms with Crippen LogP contribution in [0.5, 0.6) is 11.5 Å². The van der Waals surface area contributed by atoms with Crippen LogP contribution in [0.2, 0.25) is 0 Å². The number of nitrogens with zero attached hydrogens (tertiary/aromatic N) is 1. The molecule has 0 saturated carbocycles. The second kappa shape index (κ2) is 7.25. The van der Waals surface area contributed by atoms with Crippen molar-refractivity contribution in [2.75, 3.05) is 27.3 Å². The lowest BCUT2D eigenvalue weighted by Crippen LogP contribution is -2.52. The van der Waals surface area contributed by atoms with Crippen molar-refractivity contribution < 1.29 is 19.1 Å². The van der Waals surface area contributed by atoms with E-state index in [1.165, 1.54) is 0 Å². The molecule has 25 heavy (non-hydrogen) atoms. The van der Waals surface area contributed by atoms with Crippen LogP contribution in [0.1, 0.15) is 22.0 Å². The number of nitrogens with one attached hydrogen (secondary N) is 1. The quantitative estimate of drug-likeness (QED) is 0.925. The van der Waals surface area contributed by atoms with Gasteiger partial charge < -0.3 is 19.7 Å². The Morgan fingerprint density at radius 2 is 1.56 bits per heavy atom. The number of hydrogen-bond donors (Lipinski definition) is 1. The summed E-state index contributed by atoms with van der Waals surface area (Å²) >= 11 is 0. The van der Waals surface area contributed by atoms with Crippen LogP contribution in [0.15, 0.2) is 48.5 Å². The minimum absolute atomic E-state index is 0.182. The first kappa shape index (κ1) is 16.8. The highest BCUT2D eigenvalue weighted by Gasteiger charge is 2.34. The Morgan fingerprint density at radius 3 is 2.12 bits per heavy atom. The molecule has 0 radical (unpaired) electrons. The molecule has 1 aliphatic heterocycles. The molecule has 130 valence electrons. The predicted molar refractivity (Wildman–Crippen MR) is 92.8 cm³/mol. The molecule has 3 rings (SSSR count). The highest BCUT2D eigenvalue weighted by atomic mass is 16.5. The van der Waals surface area contributed by atoms with E-state index in [1.807, 2.05) is 12.1 Å². The van der Waals surface area contributed by atoms with Crippen molar-refractivity contribution in [3.05, 3.63) is 59.7 Å². The normalized spacial score (nSPS) is 17.0. The number of methoxy groups -OCH3 is 2. The number of carbonyl (C=O) groups is 2. The van der Waals surface area contributed by atoms with Gasteiger partial charge in [0.15, 0.2) is 0 Å². The average Bonchev–Trinajstić information content (AvgIpc) is 2.67. The Morgan fingerprint density at radius 1 is 1.00 bits per heavy atom. The van der Waals surface area contributed by atoms with Gasteiger partial charge in [0.2, 0.25) is 5.91 Å². The molecule has 0 aromatic heterocycles. The van der Waals surface area contributed by atoms with Crippen LogP contribution < -0.4 is 14.8 Å². The molecule has 2 aromatic rings. The van der Waals surface area contributed by atoms with Crippen LogP contribution in [-0.4, -0.2) is 44.0 Å². The molecule has 0 aliphatic carbocycles. The number of carbonyl (C=O) groups excluding carboxylic acids is 2. The molecule has 2 aromatic carbocycles. The molecule has 2 amide bonds. The molecule has 1 heterocycles. The van der Waals surface area contributed by atoms with E-state index in [9.17, 15) is 9.59 Å². The van der Waals surface area contributed by atoms with E-state index in [2.05, 4.69) is 5.32 Å². The highest BCUT2D eigenvalue weighted by Crippen LogP contribution is 2.27. The van der Waals surface area contributed by atoms with E-state index < -0.39 is 6.04 Å². The standard InChI is InChI=1S/C19H20N2O4/c1-24-15-7-3-13(4-8-15)17-18(22)20-11-12-21(17)19(23)14-5-9-16(25-2)10-6-14/h3-10,17H,11-12H2,1-2H3,(H,20,22). The van der Waals surface area contributed by atoms with E-state index >= 15 is 0 Å². The zero-order valence-corrected chi connectivity index (χ0v) is 14.2. The van der Waals surface area contributed by atoms with E-state index in [0.29, 0.717) is 30.2 Å². The number of piperazine rings is 1. The SMILES string of the molecule is COc1ccc(C(=O)N2CCNC(=O)C2c2ccc(OC)cc2)cc1. The van der Waals surface area contributed by atoms with Crippen molar-refractivity contribution in [1.29, 1.82) is 0 Å². The number of rotatable bonds is 4. The van der Waals surface area contributed by atoms with Crippen molar-refractivity contribution in [3.8, 4) is 11.5 Å². The first-order valence-corrected chi connectivity index (χ1v) is 8.00. The molecule has 1 fully saturated rings. The Labute approximate surface area is 146 Å². The summed E-state index contributed by atoms with van der Waals surface area (Å²) in [5, 5.41) is 2.83. The number of hydrogen-bond acceptors (Lipinski definition) is 4. The molecule has 0 spiro atoms. The van der Waals surface area contributed by atoms with Crippen LogP contribution in [0.4, 0.5) is 0 Å². The van der Waals surface area contributed by atoms with Crippen LogP contribution in [0.25, 0.3) is 0 Å².